The second-order valence-electron chi connectivity index (χ2n) is 5.92. The standard InChI is InChI=1S/C14H22N4O2/c1-5-14(4)12(20)18(13(2,3)11(19)16-14)10-9-17-8-6-7-15-17/h6-8H,5,9-10H2,1-4H3,(H,16,19). The van der Waals surface area contributed by atoms with E-state index in [1.807, 2.05) is 19.2 Å². The first-order valence-corrected chi connectivity index (χ1v) is 6.93. The molecule has 0 spiro atoms. The van der Waals surface area contributed by atoms with Crippen molar-refractivity contribution >= 4 is 11.8 Å². The number of carbonyl (C=O) groups excluding carboxylic acids is 2. The lowest BCUT2D eigenvalue weighted by atomic mass is 9.87. The van der Waals surface area contributed by atoms with Gasteiger partial charge in [-0.25, -0.2) is 0 Å². The molecule has 6 heteroatoms. The molecule has 0 bridgehead atoms. The first-order valence-electron chi connectivity index (χ1n) is 6.93. The van der Waals surface area contributed by atoms with Gasteiger partial charge in [0, 0.05) is 18.9 Å². The van der Waals surface area contributed by atoms with Crippen LogP contribution in [0.2, 0.25) is 0 Å². The molecule has 1 saturated heterocycles. The Morgan fingerprint density at radius 3 is 2.50 bits per heavy atom. The molecule has 0 aliphatic carbocycles. The number of rotatable bonds is 4. The maximum absolute atomic E-state index is 12.7. The van der Waals surface area contributed by atoms with Gasteiger partial charge in [0.1, 0.15) is 11.1 Å². The summed E-state index contributed by atoms with van der Waals surface area (Å²) < 4.78 is 1.76. The largest absolute Gasteiger partial charge is 0.340 e. The van der Waals surface area contributed by atoms with Crippen LogP contribution in [0.15, 0.2) is 18.5 Å². The van der Waals surface area contributed by atoms with Gasteiger partial charge in [0.05, 0.1) is 6.54 Å². The fraction of sp³-hybridized carbons (Fsp3) is 0.643. The van der Waals surface area contributed by atoms with Crippen molar-refractivity contribution < 1.29 is 9.59 Å². The van der Waals surface area contributed by atoms with Gasteiger partial charge in [-0.05, 0) is 33.3 Å². The molecule has 2 amide bonds. The second-order valence-corrected chi connectivity index (χ2v) is 5.92. The lowest BCUT2D eigenvalue weighted by Crippen LogP contribution is -2.73. The molecule has 1 aromatic heterocycles. The summed E-state index contributed by atoms with van der Waals surface area (Å²) in [7, 11) is 0. The van der Waals surface area contributed by atoms with E-state index < -0.39 is 11.1 Å². The second kappa shape index (κ2) is 4.92. The highest BCUT2D eigenvalue weighted by molar-refractivity contribution is 6.01. The first kappa shape index (κ1) is 14.6. The SMILES string of the molecule is CCC1(C)NC(=O)C(C)(C)N(CCn2cccn2)C1=O. The third kappa shape index (κ3) is 2.30. The van der Waals surface area contributed by atoms with E-state index in [0.717, 1.165) is 0 Å². The van der Waals surface area contributed by atoms with E-state index in [4.69, 9.17) is 0 Å². The molecule has 0 aromatic carbocycles. The van der Waals surface area contributed by atoms with Gasteiger partial charge in [-0.1, -0.05) is 6.92 Å². The summed E-state index contributed by atoms with van der Waals surface area (Å²) >= 11 is 0. The highest BCUT2D eigenvalue weighted by atomic mass is 16.2. The summed E-state index contributed by atoms with van der Waals surface area (Å²) in [5, 5.41) is 6.98. The summed E-state index contributed by atoms with van der Waals surface area (Å²) in [5.41, 5.74) is -1.64. The number of nitrogens with one attached hydrogen (secondary N) is 1. The molecule has 0 saturated carbocycles. The Morgan fingerprint density at radius 2 is 1.95 bits per heavy atom. The summed E-state index contributed by atoms with van der Waals surface area (Å²) in [5.74, 6) is -0.140. The summed E-state index contributed by atoms with van der Waals surface area (Å²) in [6.07, 6.45) is 4.12. The van der Waals surface area contributed by atoms with Gasteiger partial charge >= 0.3 is 0 Å². The highest BCUT2D eigenvalue weighted by Gasteiger charge is 2.51. The minimum Gasteiger partial charge on any atom is -0.340 e. The van der Waals surface area contributed by atoms with Crippen molar-refractivity contribution in [3.8, 4) is 0 Å². The van der Waals surface area contributed by atoms with Crippen molar-refractivity contribution in [2.45, 2.75) is 51.7 Å². The Kier molecular flexibility index (Phi) is 3.58. The summed E-state index contributed by atoms with van der Waals surface area (Å²) in [6, 6.07) is 1.84. The minimum atomic E-state index is -0.834. The van der Waals surface area contributed by atoms with Gasteiger partial charge in [0.25, 0.3) is 0 Å². The molecule has 2 rings (SSSR count). The van der Waals surface area contributed by atoms with Gasteiger partial charge in [-0.15, -0.1) is 0 Å². The van der Waals surface area contributed by atoms with Crippen LogP contribution in [0.3, 0.4) is 0 Å². The van der Waals surface area contributed by atoms with Crippen molar-refractivity contribution in [2.24, 2.45) is 0 Å². The molecule has 0 radical (unpaired) electrons. The molecule has 1 aliphatic heterocycles. The Morgan fingerprint density at radius 1 is 1.25 bits per heavy atom. The quantitative estimate of drug-likeness (QED) is 0.885. The molecule has 110 valence electrons. The van der Waals surface area contributed by atoms with E-state index in [0.29, 0.717) is 19.5 Å². The van der Waals surface area contributed by atoms with Crippen molar-refractivity contribution in [3.05, 3.63) is 18.5 Å². The average molecular weight is 278 g/mol. The fourth-order valence-electron chi connectivity index (χ4n) is 2.39. The van der Waals surface area contributed by atoms with Crippen LogP contribution in [0.1, 0.15) is 34.1 Å². The molecule has 20 heavy (non-hydrogen) atoms. The number of aromatic nitrogens is 2. The van der Waals surface area contributed by atoms with Crippen LogP contribution < -0.4 is 5.32 Å². The van der Waals surface area contributed by atoms with Crippen LogP contribution in [0, 0.1) is 0 Å². The van der Waals surface area contributed by atoms with Gasteiger partial charge in [-0.2, -0.15) is 5.10 Å². The van der Waals surface area contributed by atoms with E-state index in [1.165, 1.54) is 0 Å². The van der Waals surface area contributed by atoms with Crippen LogP contribution in [0.25, 0.3) is 0 Å². The number of piperazine rings is 1. The van der Waals surface area contributed by atoms with Crippen molar-refractivity contribution in [3.63, 3.8) is 0 Å². The third-order valence-corrected chi connectivity index (χ3v) is 4.16. The zero-order chi connectivity index (χ0) is 15.0. The zero-order valence-electron chi connectivity index (χ0n) is 12.5. The maximum Gasteiger partial charge on any atom is 0.248 e. The molecule has 1 N–H and O–H groups in total. The van der Waals surface area contributed by atoms with Crippen molar-refractivity contribution in [1.82, 2.24) is 20.0 Å². The molecule has 1 fully saturated rings. The van der Waals surface area contributed by atoms with Crippen LogP contribution in [-0.4, -0.2) is 44.1 Å². The maximum atomic E-state index is 12.7. The number of hydrogen-bond acceptors (Lipinski definition) is 3. The fourth-order valence-corrected chi connectivity index (χ4v) is 2.39. The number of hydrogen-bond donors (Lipinski definition) is 1. The lowest BCUT2D eigenvalue weighted by molar-refractivity contribution is -0.160. The Hall–Kier alpha value is -1.85. The minimum absolute atomic E-state index is 0.0308. The van der Waals surface area contributed by atoms with Crippen LogP contribution in [-0.2, 0) is 16.1 Å². The highest BCUT2D eigenvalue weighted by Crippen LogP contribution is 2.27. The number of amides is 2. The van der Waals surface area contributed by atoms with Crippen molar-refractivity contribution in [2.75, 3.05) is 6.54 Å². The van der Waals surface area contributed by atoms with E-state index in [1.54, 1.807) is 36.5 Å². The molecule has 1 aromatic rings. The average Bonchev–Trinajstić information content (AvgIpc) is 2.90. The molecular formula is C14H22N4O2. The van der Waals surface area contributed by atoms with Crippen LogP contribution >= 0.6 is 0 Å². The topological polar surface area (TPSA) is 67.2 Å². The third-order valence-electron chi connectivity index (χ3n) is 4.16. The van der Waals surface area contributed by atoms with E-state index >= 15 is 0 Å². The Bertz CT molecular complexity index is 509. The molecule has 1 atom stereocenters. The molecular weight excluding hydrogens is 256 g/mol. The van der Waals surface area contributed by atoms with Gasteiger partial charge in [-0.3, -0.25) is 14.3 Å². The molecule has 1 unspecified atom stereocenters. The summed E-state index contributed by atoms with van der Waals surface area (Å²) in [6.45, 7) is 8.29. The zero-order valence-corrected chi connectivity index (χ0v) is 12.5. The molecule has 6 nitrogen and oxygen atoms in total. The summed E-state index contributed by atoms with van der Waals surface area (Å²) in [4.78, 5) is 26.6. The van der Waals surface area contributed by atoms with E-state index in [2.05, 4.69) is 10.4 Å². The predicted molar refractivity (Wildman–Crippen MR) is 74.9 cm³/mol. The monoisotopic (exact) mass is 278 g/mol. The van der Waals surface area contributed by atoms with Gasteiger partial charge in [0.15, 0.2) is 0 Å². The normalized spacial score (nSPS) is 25.7. The van der Waals surface area contributed by atoms with Gasteiger partial charge < -0.3 is 10.2 Å². The van der Waals surface area contributed by atoms with Crippen molar-refractivity contribution in [1.29, 1.82) is 0 Å². The van der Waals surface area contributed by atoms with Crippen LogP contribution in [0.5, 0.6) is 0 Å². The number of carbonyl (C=O) groups is 2. The first-order chi connectivity index (χ1) is 9.31. The smallest absolute Gasteiger partial charge is 0.248 e. The predicted octanol–water partition coefficient (Wildman–Crippen LogP) is 0.789. The van der Waals surface area contributed by atoms with Crippen LogP contribution in [0.4, 0.5) is 0 Å². The van der Waals surface area contributed by atoms with E-state index in [-0.39, 0.29) is 11.8 Å². The van der Waals surface area contributed by atoms with E-state index in [9.17, 15) is 9.59 Å². The number of nitrogens with zero attached hydrogens (tertiary/aromatic N) is 3. The molecule has 2 heterocycles. The Labute approximate surface area is 119 Å². The van der Waals surface area contributed by atoms with Gasteiger partial charge in [0.2, 0.25) is 11.8 Å². The Balaban J connectivity index is 2.21. The lowest BCUT2D eigenvalue weighted by Gasteiger charge is -2.48. The molecule has 1 aliphatic rings.